The van der Waals surface area contributed by atoms with Crippen molar-refractivity contribution in [3.8, 4) is 16.1 Å². The van der Waals surface area contributed by atoms with Gasteiger partial charge in [-0.1, -0.05) is 18.2 Å². The third kappa shape index (κ3) is 1.66. The molecule has 0 bridgehead atoms. The van der Waals surface area contributed by atoms with Gasteiger partial charge in [0, 0.05) is 23.0 Å². The Morgan fingerprint density at radius 3 is 2.56 bits per heavy atom. The Bertz CT molecular complexity index is 497. The van der Waals surface area contributed by atoms with Gasteiger partial charge in [-0.2, -0.15) is 0 Å². The van der Waals surface area contributed by atoms with Crippen LogP contribution in [0.2, 0.25) is 0 Å². The second kappa shape index (κ2) is 3.94. The van der Waals surface area contributed by atoms with E-state index in [9.17, 15) is 0 Å². The first kappa shape index (κ1) is 9.36. The van der Waals surface area contributed by atoms with Crippen molar-refractivity contribution in [1.29, 1.82) is 0 Å². The van der Waals surface area contributed by atoms with Gasteiger partial charge in [-0.05, 0) is 29.1 Å². The van der Waals surface area contributed by atoms with Crippen LogP contribution < -0.4 is 0 Å². The zero-order valence-corrected chi connectivity index (χ0v) is 9.39. The molecule has 3 rings (SSSR count). The van der Waals surface area contributed by atoms with E-state index in [1.165, 1.54) is 10.4 Å². The molecule has 2 aromatic heterocycles. The highest BCUT2D eigenvalue weighted by molar-refractivity contribution is 7.13. The fourth-order valence-electron chi connectivity index (χ4n) is 1.65. The third-order valence-corrected chi connectivity index (χ3v) is 3.39. The number of aromatic nitrogens is 2. The number of thiophene rings is 1. The molecular formula is C13H10N2S. The fraction of sp³-hybridized carbons (Fsp3) is 0. The fourth-order valence-corrected chi connectivity index (χ4v) is 2.39. The summed E-state index contributed by atoms with van der Waals surface area (Å²) in [5.41, 5.74) is 2.40. The Morgan fingerprint density at radius 1 is 1.06 bits per heavy atom. The van der Waals surface area contributed by atoms with Crippen molar-refractivity contribution >= 4 is 11.3 Å². The third-order valence-electron chi connectivity index (χ3n) is 2.48. The molecular weight excluding hydrogens is 216 g/mol. The first-order valence-electron chi connectivity index (χ1n) is 5.06. The minimum absolute atomic E-state index is 1.14. The van der Waals surface area contributed by atoms with Crippen LogP contribution in [-0.2, 0) is 0 Å². The number of benzene rings is 1. The molecule has 0 saturated heterocycles. The smallest absolute Gasteiger partial charge is 0.0991 e. The summed E-state index contributed by atoms with van der Waals surface area (Å²) in [6.45, 7) is 0. The summed E-state index contributed by atoms with van der Waals surface area (Å²) in [7, 11) is 0. The molecule has 0 saturated carbocycles. The maximum Gasteiger partial charge on any atom is 0.0991 e. The summed E-state index contributed by atoms with van der Waals surface area (Å²) in [6.07, 6.45) is 5.54. The van der Waals surface area contributed by atoms with Gasteiger partial charge in [0.25, 0.3) is 0 Å². The van der Waals surface area contributed by atoms with E-state index in [0.29, 0.717) is 0 Å². The standard InChI is InChI=1S/C13H10N2S/c1-2-13(16-9-1)11-3-5-12(6-4-11)15-8-7-14-10-15/h1-10H. The lowest BCUT2D eigenvalue weighted by atomic mass is 10.2. The maximum atomic E-state index is 4.04. The van der Waals surface area contributed by atoms with E-state index in [2.05, 4.69) is 46.8 Å². The van der Waals surface area contributed by atoms with Crippen LogP contribution in [0.5, 0.6) is 0 Å². The van der Waals surface area contributed by atoms with E-state index in [1.807, 2.05) is 10.8 Å². The monoisotopic (exact) mass is 226 g/mol. The molecule has 78 valence electrons. The van der Waals surface area contributed by atoms with Crippen LogP contribution in [0.15, 0.2) is 60.5 Å². The molecule has 0 aliphatic rings. The number of hydrogen-bond acceptors (Lipinski definition) is 2. The van der Waals surface area contributed by atoms with Gasteiger partial charge in [0.1, 0.15) is 0 Å². The van der Waals surface area contributed by atoms with E-state index in [1.54, 1.807) is 23.9 Å². The minimum Gasteiger partial charge on any atom is -0.306 e. The molecule has 3 aromatic rings. The largest absolute Gasteiger partial charge is 0.306 e. The minimum atomic E-state index is 1.14. The van der Waals surface area contributed by atoms with Crippen molar-refractivity contribution in [3.05, 3.63) is 60.5 Å². The number of imidazole rings is 1. The average Bonchev–Trinajstić information content (AvgIpc) is 3.03. The Kier molecular flexibility index (Phi) is 2.31. The highest BCUT2D eigenvalue weighted by Gasteiger charge is 1.99. The highest BCUT2D eigenvalue weighted by Crippen LogP contribution is 2.25. The van der Waals surface area contributed by atoms with Crippen molar-refractivity contribution in [2.75, 3.05) is 0 Å². The maximum absolute atomic E-state index is 4.04. The Hall–Kier alpha value is -1.87. The van der Waals surface area contributed by atoms with Gasteiger partial charge in [-0.25, -0.2) is 4.98 Å². The second-order valence-electron chi connectivity index (χ2n) is 3.49. The van der Waals surface area contributed by atoms with E-state index in [-0.39, 0.29) is 0 Å². The van der Waals surface area contributed by atoms with E-state index in [4.69, 9.17) is 0 Å². The molecule has 0 fully saturated rings. The molecule has 0 amide bonds. The summed E-state index contributed by atoms with van der Waals surface area (Å²) in [5.74, 6) is 0. The van der Waals surface area contributed by atoms with E-state index < -0.39 is 0 Å². The van der Waals surface area contributed by atoms with Gasteiger partial charge in [0.05, 0.1) is 6.33 Å². The molecule has 0 unspecified atom stereocenters. The molecule has 1 aromatic carbocycles. The summed E-state index contributed by atoms with van der Waals surface area (Å²) in [6, 6.07) is 12.7. The van der Waals surface area contributed by atoms with Crippen LogP contribution in [0.25, 0.3) is 16.1 Å². The van der Waals surface area contributed by atoms with Gasteiger partial charge >= 0.3 is 0 Å². The van der Waals surface area contributed by atoms with Crippen molar-refractivity contribution in [2.45, 2.75) is 0 Å². The summed E-state index contributed by atoms with van der Waals surface area (Å²) in [4.78, 5) is 5.34. The molecule has 2 nitrogen and oxygen atoms in total. The Balaban J connectivity index is 1.97. The highest BCUT2D eigenvalue weighted by atomic mass is 32.1. The first-order valence-corrected chi connectivity index (χ1v) is 5.94. The van der Waals surface area contributed by atoms with Gasteiger partial charge in [-0.15, -0.1) is 11.3 Å². The van der Waals surface area contributed by atoms with Crippen molar-refractivity contribution in [2.24, 2.45) is 0 Å². The van der Waals surface area contributed by atoms with Crippen LogP contribution in [0, 0.1) is 0 Å². The van der Waals surface area contributed by atoms with Gasteiger partial charge in [0.15, 0.2) is 0 Å². The predicted molar refractivity (Wildman–Crippen MR) is 66.9 cm³/mol. The van der Waals surface area contributed by atoms with Crippen LogP contribution in [0.3, 0.4) is 0 Å². The lowest BCUT2D eigenvalue weighted by Crippen LogP contribution is -1.88. The Labute approximate surface area is 97.8 Å². The zero-order chi connectivity index (χ0) is 10.8. The Morgan fingerprint density at radius 2 is 1.94 bits per heavy atom. The molecule has 0 radical (unpaired) electrons. The first-order chi connectivity index (χ1) is 7.93. The van der Waals surface area contributed by atoms with Crippen LogP contribution in [0.4, 0.5) is 0 Å². The molecule has 0 spiro atoms. The zero-order valence-electron chi connectivity index (χ0n) is 8.58. The topological polar surface area (TPSA) is 17.8 Å². The molecule has 2 heterocycles. The molecule has 3 heteroatoms. The lowest BCUT2D eigenvalue weighted by Gasteiger charge is -2.03. The van der Waals surface area contributed by atoms with Crippen molar-refractivity contribution < 1.29 is 0 Å². The molecule has 16 heavy (non-hydrogen) atoms. The SMILES string of the molecule is c1csc(-c2ccc(-n3ccnc3)cc2)c1. The molecule has 0 aliphatic carbocycles. The van der Waals surface area contributed by atoms with Gasteiger partial charge in [-0.3, -0.25) is 0 Å². The predicted octanol–water partition coefficient (Wildman–Crippen LogP) is 3.60. The summed E-state index contributed by atoms with van der Waals surface area (Å²) >= 11 is 1.76. The quantitative estimate of drug-likeness (QED) is 0.652. The van der Waals surface area contributed by atoms with E-state index >= 15 is 0 Å². The van der Waals surface area contributed by atoms with E-state index in [0.717, 1.165) is 5.69 Å². The van der Waals surface area contributed by atoms with Crippen molar-refractivity contribution in [1.82, 2.24) is 9.55 Å². The number of hydrogen-bond donors (Lipinski definition) is 0. The second-order valence-corrected chi connectivity index (χ2v) is 4.44. The number of rotatable bonds is 2. The average molecular weight is 226 g/mol. The van der Waals surface area contributed by atoms with Gasteiger partial charge in [0.2, 0.25) is 0 Å². The molecule has 0 atom stereocenters. The summed E-state index contributed by atoms with van der Waals surface area (Å²) < 4.78 is 2.00. The normalized spacial score (nSPS) is 10.5. The van der Waals surface area contributed by atoms with Crippen LogP contribution in [0.1, 0.15) is 0 Å². The summed E-state index contributed by atoms with van der Waals surface area (Å²) in [5, 5.41) is 2.10. The molecule has 0 N–H and O–H groups in total. The van der Waals surface area contributed by atoms with Crippen molar-refractivity contribution in [3.63, 3.8) is 0 Å². The van der Waals surface area contributed by atoms with Crippen LogP contribution in [-0.4, -0.2) is 9.55 Å². The molecule has 0 aliphatic heterocycles. The van der Waals surface area contributed by atoms with Crippen LogP contribution >= 0.6 is 11.3 Å². The van der Waals surface area contributed by atoms with Gasteiger partial charge < -0.3 is 4.57 Å². The number of nitrogens with zero attached hydrogens (tertiary/aromatic N) is 2. The lowest BCUT2D eigenvalue weighted by molar-refractivity contribution is 1.06.